The summed E-state index contributed by atoms with van der Waals surface area (Å²) in [6.07, 6.45) is 1.49. The van der Waals surface area contributed by atoms with E-state index in [0.29, 0.717) is 25.9 Å². The maximum atomic E-state index is 11.8. The van der Waals surface area contributed by atoms with Gasteiger partial charge in [-0.05, 0) is 25.7 Å². The molecule has 1 saturated heterocycles. The highest BCUT2D eigenvalue weighted by Gasteiger charge is 2.26. The monoisotopic (exact) mass is 272 g/mol. The fourth-order valence-electron chi connectivity index (χ4n) is 2.10. The van der Waals surface area contributed by atoms with Gasteiger partial charge in [-0.25, -0.2) is 9.59 Å². The van der Waals surface area contributed by atoms with Crippen molar-refractivity contribution in [1.82, 2.24) is 10.2 Å². The number of aliphatic carboxylic acids is 1. The zero-order chi connectivity index (χ0) is 14.4. The first kappa shape index (κ1) is 15.3. The predicted molar refractivity (Wildman–Crippen MR) is 66.6 cm³/mol. The molecular formula is C12H20N2O5. The SMILES string of the molecule is COC(=O)C(C)NC(=O)N1CCC(CC(=O)O)CC1. The number of methoxy groups -OCH3 is 1. The minimum atomic E-state index is -0.804. The fourth-order valence-corrected chi connectivity index (χ4v) is 2.10. The molecule has 1 atom stereocenters. The van der Waals surface area contributed by atoms with Crippen LogP contribution in [0.1, 0.15) is 26.2 Å². The number of likely N-dealkylation sites (tertiary alicyclic amines) is 1. The van der Waals surface area contributed by atoms with Gasteiger partial charge in [-0.2, -0.15) is 0 Å². The lowest BCUT2D eigenvalue weighted by atomic mass is 9.94. The number of urea groups is 1. The fraction of sp³-hybridized carbons (Fsp3) is 0.750. The molecule has 0 aliphatic carbocycles. The number of hydrogen-bond donors (Lipinski definition) is 2. The molecule has 2 N–H and O–H groups in total. The van der Waals surface area contributed by atoms with E-state index in [9.17, 15) is 14.4 Å². The van der Waals surface area contributed by atoms with Crippen LogP contribution < -0.4 is 5.32 Å². The largest absolute Gasteiger partial charge is 0.481 e. The Labute approximate surface area is 111 Å². The highest BCUT2D eigenvalue weighted by Crippen LogP contribution is 2.20. The van der Waals surface area contributed by atoms with Gasteiger partial charge in [0.25, 0.3) is 0 Å². The van der Waals surface area contributed by atoms with Crippen LogP contribution >= 0.6 is 0 Å². The number of nitrogens with one attached hydrogen (secondary N) is 1. The van der Waals surface area contributed by atoms with Crippen molar-refractivity contribution in [3.63, 3.8) is 0 Å². The Morgan fingerprint density at radius 1 is 1.37 bits per heavy atom. The molecule has 108 valence electrons. The minimum Gasteiger partial charge on any atom is -0.481 e. The van der Waals surface area contributed by atoms with E-state index in [1.54, 1.807) is 11.8 Å². The second-order valence-electron chi connectivity index (χ2n) is 4.72. The topological polar surface area (TPSA) is 95.9 Å². The van der Waals surface area contributed by atoms with Crippen LogP contribution in [0.25, 0.3) is 0 Å². The predicted octanol–water partition coefficient (Wildman–Crippen LogP) is 0.444. The van der Waals surface area contributed by atoms with Gasteiger partial charge in [0.15, 0.2) is 0 Å². The Morgan fingerprint density at radius 3 is 2.42 bits per heavy atom. The minimum absolute atomic E-state index is 0.125. The summed E-state index contributed by atoms with van der Waals surface area (Å²) in [5.41, 5.74) is 0. The second-order valence-corrected chi connectivity index (χ2v) is 4.72. The molecule has 1 aliphatic heterocycles. The first-order chi connectivity index (χ1) is 8.93. The molecule has 7 nitrogen and oxygen atoms in total. The smallest absolute Gasteiger partial charge is 0.328 e. The van der Waals surface area contributed by atoms with Gasteiger partial charge in [-0.1, -0.05) is 0 Å². The molecule has 0 aromatic heterocycles. The van der Waals surface area contributed by atoms with Gasteiger partial charge in [0.2, 0.25) is 0 Å². The number of nitrogens with zero attached hydrogens (tertiary/aromatic N) is 1. The van der Waals surface area contributed by atoms with Crippen LogP contribution in [0.4, 0.5) is 4.79 Å². The van der Waals surface area contributed by atoms with Crippen LogP contribution in [0.15, 0.2) is 0 Å². The van der Waals surface area contributed by atoms with E-state index in [2.05, 4.69) is 10.1 Å². The Bertz CT molecular complexity index is 350. The van der Waals surface area contributed by atoms with Crippen molar-refractivity contribution < 1.29 is 24.2 Å². The van der Waals surface area contributed by atoms with Gasteiger partial charge in [-0.15, -0.1) is 0 Å². The number of ether oxygens (including phenoxy) is 1. The van der Waals surface area contributed by atoms with Crippen molar-refractivity contribution in [2.24, 2.45) is 5.92 Å². The number of hydrogen-bond acceptors (Lipinski definition) is 4. The lowest BCUT2D eigenvalue weighted by molar-refractivity contribution is -0.142. The summed E-state index contributed by atoms with van der Waals surface area (Å²) in [7, 11) is 1.27. The number of carbonyl (C=O) groups excluding carboxylic acids is 2. The molecule has 1 fully saturated rings. The maximum Gasteiger partial charge on any atom is 0.328 e. The molecule has 1 heterocycles. The van der Waals surface area contributed by atoms with E-state index in [-0.39, 0.29) is 18.4 Å². The molecule has 2 amide bonds. The molecule has 7 heteroatoms. The molecule has 0 bridgehead atoms. The van der Waals surface area contributed by atoms with Gasteiger partial charge in [0, 0.05) is 19.5 Å². The van der Waals surface area contributed by atoms with Crippen molar-refractivity contribution in [2.75, 3.05) is 20.2 Å². The summed E-state index contributed by atoms with van der Waals surface area (Å²) >= 11 is 0. The first-order valence-corrected chi connectivity index (χ1v) is 6.29. The third kappa shape index (κ3) is 4.76. The lowest BCUT2D eigenvalue weighted by Crippen LogP contribution is -2.49. The summed E-state index contributed by atoms with van der Waals surface area (Å²) in [6.45, 7) is 2.58. The van der Waals surface area contributed by atoms with Crippen LogP contribution in [0, 0.1) is 5.92 Å². The van der Waals surface area contributed by atoms with E-state index in [1.807, 2.05) is 0 Å². The summed E-state index contributed by atoms with van der Waals surface area (Å²) in [6, 6.07) is -0.999. The van der Waals surface area contributed by atoms with Crippen LogP contribution in [-0.2, 0) is 14.3 Å². The molecule has 1 unspecified atom stereocenters. The Kier molecular flexibility index (Phi) is 5.59. The van der Waals surface area contributed by atoms with E-state index in [4.69, 9.17) is 5.11 Å². The lowest BCUT2D eigenvalue weighted by Gasteiger charge is -2.32. The summed E-state index contributed by atoms with van der Waals surface area (Å²) < 4.78 is 4.52. The van der Waals surface area contributed by atoms with E-state index >= 15 is 0 Å². The zero-order valence-corrected chi connectivity index (χ0v) is 11.2. The molecule has 1 aliphatic rings. The molecular weight excluding hydrogens is 252 g/mol. The molecule has 0 radical (unpaired) electrons. The van der Waals surface area contributed by atoms with E-state index in [0.717, 1.165) is 0 Å². The summed E-state index contributed by atoms with van der Waals surface area (Å²) in [5.74, 6) is -1.17. The molecule has 0 aromatic rings. The third-order valence-electron chi connectivity index (χ3n) is 3.26. The van der Waals surface area contributed by atoms with Crippen molar-refractivity contribution in [3.05, 3.63) is 0 Å². The molecule has 0 saturated carbocycles. The van der Waals surface area contributed by atoms with E-state index in [1.165, 1.54) is 7.11 Å². The number of amides is 2. The maximum absolute atomic E-state index is 11.8. The quantitative estimate of drug-likeness (QED) is 0.724. The Balaban J connectivity index is 2.36. The van der Waals surface area contributed by atoms with Gasteiger partial charge in [0.1, 0.15) is 6.04 Å². The summed E-state index contributed by atoms with van der Waals surface area (Å²) in [5, 5.41) is 11.3. The van der Waals surface area contributed by atoms with Crippen molar-refractivity contribution >= 4 is 18.0 Å². The van der Waals surface area contributed by atoms with Crippen molar-refractivity contribution in [1.29, 1.82) is 0 Å². The third-order valence-corrected chi connectivity index (χ3v) is 3.26. The van der Waals surface area contributed by atoms with Crippen molar-refractivity contribution in [2.45, 2.75) is 32.2 Å². The highest BCUT2D eigenvalue weighted by atomic mass is 16.5. The molecule has 1 rings (SSSR count). The first-order valence-electron chi connectivity index (χ1n) is 6.29. The van der Waals surface area contributed by atoms with Crippen LogP contribution in [0.5, 0.6) is 0 Å². The van der Waals surface area contributed by atoms with Crippen LogP contribution in [-0.4, -0.2) is 54.2 Å². The van der Waals surface area contributed by atoms with Crippen LogP contribution in [0.3, 0.4) is 0 Å². The van der Waals surface area contributed by atoms with Gasteiger partial charge < -0.3 is 20.1 Å². The van der Waals surface area contributed by atoms with E-state index < -0.39 is 18.0 Å². The standard InChI is InChI=1S/C12H20N2O5/c1-8(11(17)19-2)13-12(18)14-5-3-9(4-6-14)7-10(15)16/h8-9H,3-7H2,1-2H3,(H,13,18)(H,15,16). The normalized spacial score (nSPS) is 17.7. The summed E-state index contributed by atoms with van der Waals surface area (Å²) in [4.78, 5) is 35.2. The van der Waals surface area contributed by atoms with Gasteiger partial charge in [0.05, 0.1) is 7.11 Å². The zero-order valence-electron chi connectivity index (χ0n) is 11.2. The average molecular weight is 272 g/mol. The van der Waals surface area contributed by atoms with Crippen molar-refractivity contribution in [3.8, 4) is 0 Å². The molecule has 0 spiro atoms. The second kappa shape index (κ2) is 6.96. The Morgan fingerprint density at radius 2 is 1.95 bits per heavy atom. The number of piperidine rings is 1. The number of carboxylic acid groups (broad SMARTS) is 1. The van der Waals surface area contributed by atoms with Gasteiger partial charge >= 0.3 is 18.0 Å². The molecule has 0 aromatic carbocycles. The van der Waals surface area contributed by atoms with Gasteiger partial charge in [-0.3, -0.25) is 4.79 Å². The number of carbonyl (C=O) groups is 3. The van der Waals surface area contributed by atoms with Crippen LogP contribution in [0.2, 0.25) is 0 Å². The number of rotatable bonds is 4. The number of carboxylic acids is 1. The Hall–Kier alpha value is -1.79. The number of esters is 1. The highest BCUT2D eigenvalue weighted by molar-refractivity contribution is 5.83. The molecule has 19 heavy (non-hydrogen) atoms. The average Bonchev–Trinajstić information content (AvgIpc) is 2.37.